The highest BCUT2D eigenvalue weighted by Crippen LogP contribution is 2.10. The molecule has 0 spiro atoms. The van der Waals surface area contributed by atoms with E-state index in [1.807, 2.05) is 12.1 Å². The number of hydrogen-bond donors (Lipinski definition) is 3. The molecule has 0 bridgehead atoms. The fourth-order valence-electron chi connectivity index (χ4n) is 1.83. The van der Waals surface area contributed by atoms with E-state index < -0.39 is 0 Å². The number of amides is 1. The molecule has 0 aliphatic heterocycles. The Labute approximate surface area is 122 Å². The van der Waals surface area contributed by atoms with Crippen molar-refractivity contribution in [3.05, 3.63) is 65.5 Å². The number of aliphatic hydroxyl groups excluding tert-OH is 1. The SMILES string of the molecule is O=C(CNc1cccc(CO)c1)NCc1ccc(F)cc1. The zero-order valence-electron chi connectivity index (χ0n) is 11.5. The normalized spacial score (nSPS) is 10.2. The molecule has 2 aromatic carbocycles. The summed E-state index contributed by atoms with van der Waals surface area (Å²) in [6, 6.07) is 13.2. The van der Waals surface area contributed by atoms with E-state index >= 15 is 0 Å². The van der Waals surface area contributed by atoms with Gasteiger partial charge in [0, 0.05) is 12.2 Å². The molecule has 5 heteroatoms. The molecule has 0 aliphatic rings. The van der Waals surface area contributed by atoms with Crippen LogP contribution in [0.5, 0.6) is 0 Å². The summed E-state index contributed by atoms with van der Waals surface area (Å²) in [7, 11) is 0. The summed E-state index contributed by atoms with van der Waals surface area (Å²) in [6.45, 7) is 0.458. The smallest absolute Gasteiger partial charge is 0.239 e. The lowest BCUT2D eigenvalue weighted by Crippen LogP contribution is -2.29. The van der Waals surface area contributed by atoms with Gasteiger partial charge in [0.1, 0.15) is 5.82 Å². The second kappa shape index (κ2) is 7.40. The van der Waals surface area contributed by atoms with Gasteiger partial charge < -0.3 is 15.7 Å². The van der Waals surface area contributed by atoms with E-state index in [2.05, 4.69) is 10.6 Å². The van der Waals surface area contributed by atoms with Gasteiger partial charge in [0.25, 0.3) is 0 Å². The van der Waals surface area contributed by atoms with Gasteiger partial charge in [0.05, 0.1) is 13.2 Å². The van der Waals surface area contributed by atoms with Crippen LogP contribution >= 0.6 is 0 Å². The average Bonchev–Trinajstić information content (AvgIpc) is 2.52. The van der Waals surface area contributed by atoms with Gasteiger partial charge in [-0.1, -0.05) is 24.3 Å². The van der Waals surface area contributed by atoms with Crippen LogP contribution in [0, 0.1) is 5.82 Å². The van der Waals surface area contributed by atoms with E-state index in [1.165, 1.54) is 12.1 Å². The number of carbonyl (C=O) groups is 1. The van der Waals surface area contributed by atoms with Crippen molar-refractivity contribution in [3.63, 3.8) is 0 Å². The molecule has 0 atom stereocenters. The van der Waals surface area contributed by atoms with Crippen molar-refractivity contribution in [2.24, 2.45) is 0 Å². The van der Waals surface area contributed by atoms with E-state index in [0.717, 1.165) is 16.8 Å². The Morgan fingerprint density at radius 2 is 1.86 bits per heavy atom. The standard InChI is InChI=1S/C16H17FN2O2/c17-14-6-4-12(5-7-14)9-19-16(21)10-18-15-3-1-2-13(8-15)11-20/h1-8,18,20H,9-11H2,(H,19,21). The molecule has 0 unspecified atom stereocenters. The molecule has 0 saturated heterocycles. The summed E-state index contributed by atoms with van der Waals surface area (Å²) in [5, 5.41) is 14.8. The molecule has 2 aromatic rings. The van der Waals surface area contributed by atoms with Crippen molar-refractivity contribution in [2.45, 2.75) is 13.2 Å². The van der Waals surface area contributed by atoms with Crippen LogP contribution in [0.1, 0.15) is 11.1 Å². The number of hydrogen-bond acceptors (Lipinski definition) is 3. The summed E-state index contributed by atoms with van der Waals surface area (Å²) < 4.78 is 12.7. The maximum absolute atomic E-state index is 12.7. The minimum absolute atomic E-state index is 0.0354. The lowest BCUT2D eigenvalue weighted by atomic mass is 10.2. The molecule has 4 nitrogen and oxygen atoms in total. The lowest BCUT2D eigenvalue weighted by molar-refractivity contribution is -0.119. The van der Waals surface area contributed by atoms with Gasteiger partial charge in [0.15, 0.2) is 0 Å². The van der Waals surface area contributed by atoms with Gasteiger partial charge in [-0.2, -0.15) is 0 Å². The topological polar surface area (TPSA) is 61.4 Å². The average molecular weight is 288 g/mol. The van der Waals surface area contributed by atoms with Crippen molar-refractivity contribution in [2.75, 3.05) is 11.9 Å². The monoisotopic (exact) mass is 288 g/mol. The molecule has 0 heterocycles. The highest BCUT2D eigenvalue weighted by molar-refractivity contribution is 5.80. The predicted molar refractivity (Wildman–Crippen MR) is 79.1 cm³/mol. The molecule has 0 aliphatic carbocycles. The molecular formula is C16H17FN2O2. The number of carbonyl (C=O) groups excluding carboxylic acids is 1. The van der Waals surface area contributed by atoms with E-state index in [9.17, 15) is 9.18 Å². The number of rotatable bonds is 6. The Morgan fingerprint density at radius 1 is 1.10 bits per heavy atom. The third-order valence-corrected chi connectivity index (χ3v) is 2.97. The first-order valence-corrected chi connectivity index (χ1v) is 6.62. The summed E-state index contributed by atoms with van der Waals surface area (Å²) >= 11 is 0. The molecule has 0 aromatic heterocycles. The molecule has 0 fully saturated rings. The number of benzene rings is 2. The summed E-state index contributed by atoms with van der Waals surface area (Å²) in [5.41, 5.74) is 2.40. The minimum atomic E-state index is -0.296. The molecule has 1 amide bonds. The Bertz CT molecular complexity index is 599. The molecule has 0 radical (unpaired) electrons. The summed E-state index contributed by atoms with van der Waals surface area (Å²) in [6.07, 6.45) is 0. The van der Waals surface area contributed by atoms with E-state index in [4.69, 9.17) is 5.11 Å². The predicted octanol–water partition coefficient (Wildman–Crippen LogP) is 2.05. The fraction of sp³-hybridized carbons (Fsp3) is 0.188. The highest BCUT2D eigenvalue weighted by Gasteiger charge is 2.02. The fourth-order valence-corrected chi connectivity index (χ4v) is 1.83. The van der Waals surface area contributed by atoms with Crippen molar-refractivity contribution in [3.8, 4) is 0 Å². The number of aliphatic hydroxyl groups is 1. The van der Waals surface area contributed by atoms with Gasteiger partial charge >= 0.3 is 0 Å². The number of halogens is 1. The maximum Gasteiger partial charge on any atom is 0.239 e. The Kier molecular flexibility index (Phi) is 5.29. The quantitative estimate of drug-likeness (QED) is 0.762. The van der Waals surface area contributed by atoms with Crippen LogP contribution in [0.15, 0.2) is 48.5 Å². The van der Waals surface area contributed by atoms with Crippen LogP contribution in [0.2, 0.25) is 0 Å². The third-order valence-electron chi connectivity index (χ3n) is 2.97. The van der Waals surface area contributed by atoms with Crippen molar-refractivity contribution in [1.29, 1.82) is 0 Å². The van der Waals surface area contributed by atoms with Crippen LogP contribution < -0.4 is 10.6 Å². The molecular weight excluding hydrogens is 271 g/mol. The molecule has 21 heavy (non-hydrogen) atoms. The minimum Gasteiger partial charge on any atom is -0.392 e. The second-order valence-electron chi connectivity index (χ2n) is 4.62. The van der Waals surface area contributed by atoms with E-state index in [-0.39, 0.29) is 24.9 Å². The second-order valence-corrected chi connectivity index (χ2v) is 4.62. The van der Waals surface area contributed by atoms with Gasteiger partial charge in [-0.25, -0.2) is 4.39 Å². The Morgan fingerprint density at radius 3 is 2.57 bits per heavy atom. The third kappa shape index (κ3) is 4.89. The number of nitrogens with one attached hydrogen (secondary N) is 2. The van der Waals surface area contributed by atoms with Crippen LogP contribution in [0.3, 0.4) is 0 Å². The summed E-state index contributed by atoms with van der Waals surface area (Å²) in [5.74, 6) is -0.454. The highest BCUT2D eigenvalue weighted by atomic mass is 19.1. The van der Waals surface area contributed by atoms with Gasteiger partial charge in [-0.15, -0.1) is 0 Å². The van der Waals surface area contributed by atoms with Crippen LogP contribution in [-0.4, -0.2) is 17.6 Å². The van der Waals surface area contributed by atoms with E-state index in [1.54, 1.807) is 24.3 Å². The molecule has 2 rings (SSSR count). The largest absolute Gasteiger partial charge is 0.392 e. The first-order valence-electron chi connectivity index (χ1n) is 6.62. The van der Waals surface area contributed by atoms with Crippen molar-refractivity contribution < 1.29 is 14.3 Å². The summed E-state index contributed by atoms with van der Waals surface area (Å²) in [4.78, 5) is 11.7. The van der Waals surface area contributed by atoms with Crippen LogP contribution in [0.4, 0.5) is 10.1 Å². The first kappa shape index (κ1) is 15.0. The van der Waals surface area contributed by atoms with Gasteiger partial charge in [0.2, 0.25) is 5.91 Å². The zero-order chi connectivity index (χ0) is 15.1. The van der Waals surface area contributed by atoms with Crippen molar-refractivity contribution >= 4 is 11.6 Å². The van der Waals surface area contributed by atoms with Crippen LogP contribution in [0.25, 0.3) is 0 Å². The molecule has 3 N–H and O–H groups in total. The van der Waals surface area contributed by atoms with E-state index in [0.29, 0.717) is 6.54 Å². The zero-order valence-corrected chi connectivity index (χ0v) is 11.5. The Balaban J connectivity index is 1.78. The van der Waals surface area contributed by atoms with Gasteiger partial charge in [-0.05, 0) is 35.4 Å². The maximum atomic E-state index is 12.7. The first-order chi connectivity index (χ1) is 10.2. The molecule has 110 valence electrons. The van der Waals surface area contributed by atoms with Crippen molar-refractivity contribution in [1.82, 2.24) is 5.32 Å². The Hall–Kier alpha value is -2.40. The molecule has 0 saturated carbocycles. The van der Waals surface area contributed by atoms with Crippen LogP contribution in [-0.2, 0) is 17.9 Å². The lowest BCUT2D eigenvalue weighted by Gasteiger charge is -2.09. The van der Waals surface area contributed by atoms with Gasteiger partial charge in [-0.3, -0.25) is 4.79 Å². The number of anilines is 1.